The third-order valence-corrected chi connectivity index (χ3v) is 7.17. The van der Waals surface area contributed by atoms with Crippen LogP contribution in [0.15, 0.2) is 30.5 Å². The first-order valence-electron chi connectivity index (χ1n) is 9.49. The number of aromatic amines is 1. The van der Waals surface area contributed by atoms with Gasteiger partial charge in [0.05, 0.1) is 0 Å². The molecule has 6 rings (SSSR count). The lowest BCUT2D eigenvalue weighted by Crippen LogP contribution is -2.55. The monoisotopic (exact) mass is 322 g/mol. The average Bonchev–Trinajstić information content (AvgIpc) is 3.01. The zero-order valence-corrected chi connectivity index (χ0v) is 14.3. The van der Waals surface area contributed by atoms with E-state index in [9.17, 15) is 4.79 Å². The van der Waals surface area contributed by atoms with Crippen molar-refractivity contribution >= 4 is 16.8 Å². The SMILES string of the molecule is CC(NC(=O)c1ccc2cc[nH]c2c1)C12CC3CC(CC(C3)C1)C2. The highest BCUT2D eigenvalue weighted by atomic mass is 16.1. The van der Waals surface area contributed by atoms with E-state index in [1.165, 1.54) is 38.5 Å². The van der Waals surface area contributed by atoms with E-state index in [4.69, 9.17) is 0 Å². The molecule has 4 bridgehead atoms. The number of H-pyrrole nitrogens is 1. The first kappa shape index (κ1) is 14.6. The van der Waals surface area contributed by atoms with Gasteiger partial charge in [0.25, 0.3) is 5.91 Å². The maximum atomic E-state index is 12.8. The highest BCUT2D eigenvalue weighted by Gasteiger charge is 2.53. The molecule has 4 aliphatic carbocycles. The molecule has 1 atom stereocenters. The number of amides is 1. The molecule has 1 aromatic heterocycles. The van der Waals surface area contributed by atoms with Gasteiger partial charge in [0.15, 0.2) is 0 Å². The van der Waals surface area contributed by atoms with Crippen molar-refractivity contribution in [3.63, 3.8) is 0 Å². The molecule has 24 heavy (non-hydrogen) atoms. The minimum atomic E-state index is 0.0785. The molecule has 2 aromatic rings. The van der Waals surface area contributed by atoms with Gasteiger partial charge in [0.1, 0.15) is 0 Å². The Hall–Kier alpha value is -1.77. The van der Waals surface area contributed by atoms with Crippen molar-refractivity contribution < 1.29 is 4.79 Å². The zero-order valence-electron chi connectivity index (χ0n) is 14.3. The van der Waals surface area contributed by atoms with Crippen LogP contribution in [0.4, 0.5) is 0 Å². The van der Waals surface area contributed by atoms with Crippen LogP contribution in [-0.2, 0) is 0 Å². The van der Waals surface area contributed by atoms with Gasteiger partial charge in [-0.25, -0.2) is 0 Å². The van der Waals surface area contributed by atoms with Crippen LogP contribution in [-0.4, -0.2) is 16.9 Å². The van der Waals surface area contributed by atoms with Gasteiger partial charge in [-0.05, 0) is 92.2 Å². The maximum absolute atomic E-state index is 12.8. The Bertz CT molecular complexity index is 755. The quantitative estimate of drug-likeness (QED) is 0.858. The van der Waals surface area contributed by atoms with Crippen LogP contribution >= 0.6 is 0 Å². The summed E-state index contributed by atoms with van der Waals surface area (Å²) in [7, 11) is 0. The van der Waals surface area contributed by atoms with Crippen molar-refractivity contribution in [2.75, 3.05) is 0 Å². The Kier molecular flexibility index (Phi) is 3.10. The van der Waals surface area contributed by atoms with Crippen LogP contribution in [0.5, 0.6) is 0 Å². The highest BCUT2D eigenvalue weighted by molar-refractivity contribution is 5.98. The molecule has 2 N–H and O–H groups in total. The maximum Gasteiger partial charge on any atom is 0.251 e. The minimum absolute atomic E-state index is 0.0785. The summed E-state index contributed by atoms with van der Waals surface area (Å²) in [6.45, 7) is 2.25. The third-order valence-electron chi connectivity index (χ3n) is 7.17. The van der Waals surface area contributed by atoms with Crippen LogP contribution in [0.3, 0.4) is 0 Å². The number of nitrogens with one attached hydrogen (secondary N) is 2. The second-order valence-electron chi connectivity index (χ2n) is 8.75. The summed E-state index contributed by atoms with van der Waals surface area (Å²) in [5, 5.41) is 4.51. The van der Waals surface area contributed by atoms with Crippen LogP contribution in [0.2, 0.25) is 0 Å². The molecule has 1 amide bonds. The molecule has 4 aliphatic rings. The second kappa shape index (κ2) is 5.11. The summed E-state index contributed by atoms with van der Waals surface area (Å²) in [6.07, 6.45) is 10.3. The summed E-state index contributed by atoms with van der Waals surface area (Å²) in [6, 6.07) is 8.25. The largest absolute Gasteiger partial charge is 0.361 e. The van der Waals surface area contributed by atoms with Crippen LogP contribution in [0.1, 0.15) is 55.8 Å². The predicted octanol–water partition coefficient (Wildman–Crippen LogP) is 4.50. The van der Waals surface area contributed by atoms with E-state index >= 15 is 0 Å². The number of aromatic nitrogens is 1. The number of hydrogen-bond acceptors (Lipinski definition) is 1. The molecule has 1 heterocycles. The number of carbonyl (C=O) groups excluding carboxylic acids is 1. The molecular formula is C21H26N2O. The lowest BCUT2D eigenvalue weighted by atomic mass is 9.48. The van der Waals surface area contributed by atoms with Crippen molar-refractivity contribution in [1.29, 1.82) is 0 Å². The average molecular weight is 322 g/mol. The topological polar surface area (TPSA) is 44.9 Å². The first-order valence-corrected chi connectivity index (χ1v) is 9.49. The van der Waals surface area contributed by atoms with E-state index in [2.05, 4.69) is 17.2 Å². The molecule has 126 valence electrons. The van der Waals surface area contributed by atoms with Crippen molar-refractivity contribution in [1.82, 2.24) is 10.3 Å². The number of fused-ring (bicyclic) bond motifs is 1. The standard InChI is InChI=1S/C21H26N2O/c1-13(21-10-14-6-15(11-21)8-16(7-14)12-21)23-20(24)18-3-2-17-4-5-22-19(17)9-18/h2-5,9,13-16,22H,6-8,10-12H2,1H3,(H,23,24). The van der Waals surface area contributed by atoms with E-state index in [-0.39, 0.29) is 11.9 Å². The zero-order chi connectivity index (χ0) is 16.3. The fraction of sp³-hybridized carbons (Fsp3) is 0.571. The van der Waals surface area contributed by atoms with Crippen LogP contribution in [0.25, 0.3) is 10.9 Å². The molecule has 4 saturated carbocycles. The predicted molar refractivity (Wildman–Crippen MR) is 95.8 cm³/mol. The molecule has 3 nitrogen and oxygen atoms in total. The second-order valence-corrected chi connectivity index (χ2v) is 8.75. The number of carbonyl (C=O) groups is 1. The van der Waals surface area contributed by atoms with Gasteiger partial charge in [-0.15, -0.1) is 0 Å². The van der Waals surface area contributed by atoms with Crippen molar-refractivity contribution in [2.24, 2.45) is 23.2 Å². The normalized spacial score (nSPS) is 35.3. The number of benzene rings is 1. The fourth-order valence-electron chi connectivity index (χ4n) is 6.33. The molecule has 1 unspecified atom stereocenters. The lowest BCUT2D eigenvalue weighted by molar-refractivity contribution is -0.0688. The van der Waals surface area contributed by atoms with Crippen molar-refractivity contribution in [3.8, 4) is 0 Å². The summed E-state index contributed by atoms with van der Waals surface area (Å²) in [5.41, 5.74) is 2.16. The first-order chi connectivity index (χ1) is 11.6. The third kappa shape index (κ3) is 2.21. The molecule has 0 saturated heterocycles. The molecular weight excluding hydrogens is 296 g/mol. The smallest absolute Gasteiger partial charge is 0.251 e. The Morgan fingerprint density at radius 3 is 2.46 bits per heavy atom. The van der Waals surface area contributed by atoms with Gasteiger partial charge in [-0.3, -0.25) is 4.79 Å². The molecule has 4 fully saturated rings. The van der Waals surface area contributed by atoms with Gasteiger partial charge in [-0.2, -0.15) is 0 Å². The van der Waals surface area contributed by atoms with Gasteiger partial charge >= 0.3 is 0 Å². The van der Waals surface area contributed by atoms with Crippen LogP contribution in [0, 0.1) is 23.2 Å². The van der Waals surface area contributed by atoms with Gasteiger partial charge in [-0.1, -0.05) is 6.07 Å². The summed E-state index contributed by atoms with van der Waals surface area (Å²) >= 11 is 0. The lowest BCUT2D eigenvalue weighted by Gasteiger charge is -2.59. The molecule has 0 radical (unpaired) electrons. The van der Waals surface area contributed by atoms with Crippen molar-refractivity contribution in [2.45, 2.75) is 51.5 Å². The Morgan fingerprint density at radius 1 is 1.12 bits per heavy atom. The van der Waals surface area contributed by atoms with E-state index in [1.807, 2.05) is 30.5 Å². The molecule has 0 spiro atoms. The van der Waals surface area contributed by atoms with E-state index in [0.29, 0.717) is 5.41 Å². The number of hydrogen-bond donors (Lipinski definition) is 2. The molecule has 0 aliphatic heterocycles. The van der Waals surface area contributed by atoms with E-state index in [0.717, 1.165) is 34.2 Å². The molecule has 1 aromatic carbocycles. The summed E-state index contributed by atoms with van der Waals surface area (Å²) in [4.78, 5) is 16.0. The fourth-order valence-corrected chi connectivity index (χ4v) is 6.33. The van der Waals surface area contributed by atoms with Crippen molar-refractivity contribution in [3.05, 3.63) is 36.0 Å². The van der Waals surface area contributed by atoms with Crippen LogP contribution < -0.4 is 5.32 Å². The Labute approximate surface area is 143 Å². The Balaban J connectivity index is 1.36. The summed E-state index contributed by atoms with van der Waals surface area (Å²) in [5.74, 6) is 2.84. The van der Waals surface area contributed by atoms with E-state index in [1.54, 1.807) is 0 Å². The molecule has 3 heteroatoms. The van der Waals surface area contributed by atoms with Gasteiger partial charge in [0, 0.05) is 23.3 Å². The van der Waals surface area contributed by atoms with E-state index < -0.39 is 0 Å². The highest BCUT2D eigenvalue weighted by Crippen LogP contribution is 2.61. The summed E-state index contributed by atoms with van der Waals surface area (Å²) < 4.78 is 0. The van der Waals surface area contributed by atoms with Gasteiger partial charge < -0.3 is 10.3 Å². The minimum Gasteiger partial charge on any atom is -0.361 e. The Morgan fingerprint density at radius 2 is 1.79 bits per heavy atom. The van der Waals surface area contributed by atoms with Gasteiger partial charge in [0.2, 0.25) is 0 Å². The number of rotatable bonds is 3.